The van der Waals surface area contributed by atoms with Gasteiger partial charge in [0.15, 0.2) is 5.82 Å². The minimum atomic E-state index is -4.35. The highest BCUT2D eigenvalue weighted by Gasteiger charge is 2.32. The van der Waals surface area contributed by atoms with Gasteiger partial charge in [-0.15, -0.1) is 34.0 Å². The minimum Gasteiger partial charge on any atom is -0.593 e. The molecule has 0 spiro atoms. The first-order valence-electron chi connectivity index (χ1n) is 9.58. The van der Waals surface area contributed by atoms with E-state index in [0.717, 1.165) is 26.1 Å². The molecule has 33 heavy (non-hydrogen) atoms. The number of benzene rings is 1. The van der Waals surface area contributed by atoms with Crippen LogP contribution in [0, 0.1) is 6.92 Å². The molecule has 0 amide bonds. The van der Waals surface area contributed by atoms with Crippen molar-refractivity contribution >= 4 is 67.2 Å². The molecule has 0 aliphatic carbocycles. The summed E-state index contributed by atoms with van der Waals surface area (Å²) in [6.45, 7) is 1.90. The Bertz CT molecular complexity index is 1300. The first-order valence-corrected chi connectivity index (χ1v) is 15.2. The lowest BCUT2D eigenvalue weighted by Crippen LogP contribution is -2.36. The number of aryl methyl sites for hydroxylation is 1. The second-order valence-electron chi connectivity index (χ2n) is 7.02. The monoisotopic (exact) mass is 540 g/mol. The second-order valence-corrected chi connectivity index (χ2v) is 12.3. The van der Waals surface area contributed by atoms with E-state index in [4.69, 9.17) is 9.54 Å². The predicted molar refractivity (Wildman–Crippen MR) is 137 cm³/mol. The van der Waals surface area contributed by atoms with Crippen molar-refractivity contribution in [2.75, 3.05) is 15.3 Å². The van der Waals surface area contributed by atoms with E-state index in [1.54, 1.807) is 46.2 Å². The maximum atomic E-state index is 12.9. The molecule has 2 unspecified atom stereocenters. The van der Waals surface area contributed by atoms with Crippen LogP contribution in [0.1, 0.15) is 22.3 Å². The molecule has 4 rings (SSSR count). The maximum Gasteiger partial charge on any atom is 0.357 e. The first kappa shape index (κ1) is 24.1. The van der Waals surface area contributed by atoms with Crippen molar-refractivity contribution in [1.82, 2.24) is 9.97 Å². The van der Waals surface area contributed by atoms with Gasteiger partial charge in [0.2, 0.25) is 0 Å². The van der Waals surface area contributed by atoms with Crippen LogP contribution in [0.4, 0.5) is 11.5 Å². The molecule has 13 heteroatoms. The van der Waals surface area contributed by atoms with Crippen molar-refractivity contribution in [1.29, 1.82) is 0 Å². The van der Waals surface area contributed by atoms with Gasteiger partial charge in [0.1, 0.15) is 17.3 Å². The van der Waals surface area contributed by atoms with E-state index in [9.17, 15) is 13.0 Å². The SMILES string of the molecule is Cc1nc(N(C(Cc2ccc(NS(=O)(=O)O)cc2)c2csc(-c3cccs3)n2)[S+](C)[O-])cs1. The second kappa shape index (κ2) is 10.1. The number of rotatable bonds is 9. The van der Waals surface area contributed by atoms with Gasteiger partial charge < -0.3 is 4.55 Å². The number of anilines is 2. The molecule has 1 aromatic carbocycles. The molecule has 2 atom stereocenters. The smallest absolute Gasteiger partial charge is 0.357 e. The normalized spacial score (nSPS) is 13.6. The molecule has 3 heterocycles. The number of aromatic nitrogens is 2. The summed E-state index contributed by atoms with van der Waals surface area (Å²) in [5.41, 5.74) is 1.91. The molecule has 3 aromatic heterocycles. The predicted octanol–water partition coefficient (Wildman–Crippen LogP) is 4.94. The molecule has 0 radical (unpaired) electrons. The van der Waals surface area contributed by atoms with Crippen LogP contribution >= 0.6 is 34.0 Å². The van der Waals surface area contributed by atoms with E-state index >= 15 is 0 Å². The van der Waals surface area contributed by atoms with Gasteiger partial charge in [0.25, 0.3) is 0 Å². The first-order chi connectivity index (χ1) is 15.7. The summed E-state index contributed by atoms with van der Waals surface area (Å²) in [5.74, 6) is 0.624. The molecule has 0 aliphatic heterocycles. The molecule has 8 nitrogen and oxygen atoms in total. The van der Waals surface area contributed by atoms with Gasteiger partial charge in [0.05, 0.1) is 32.6 Å². The average Bonchev–Trinajstić information content (AvgIpc) is 3.49. The molecular formula is C20H20N4O4S5. The Morgan fingerprint density at radius 2 is 1.91 bits per heavy atom. The van der Waals surface area contributed by atoms with Gasteiger partial charge in [0, 0.05) is 17.2 Å². The molecule has 0 saturated carbocycles. The number of hydrogen-bond acceptors (Lipinski definition) is 9. The van der Waals surface area contributed by atoms with Crippen LogP contribution in [-0.4, -0.2) is 33.7 Å². The van der Waals surface area contributed by atoms with Crippen molar-refractivity contribution in [3.8, 4) is 9.88 Å². The van der Waals surface area contributed by atoms with Crippen LogP contribution in [0.2, 0.25) is 0 Å². The summed E-state index contributed by atoms with van der Waals surface area (Å²) in [5, 5.41) is 7.63. The highest BCUT2D eigenvalue weighted by Crippen LogP contribution is 2.36. The molecule has 0 saturated heterocycles. The molecular weight excluding hydrogens is 521 g/mol. The Morgan fingerprint density at radius 1 is 1.15 bits per heavy atom. The van der Waals surface area contributed by atoms with E-state index in [2.05, 4.69) is 4.98 Å². The van der Waals surface area contributed by atoms with E-state index < -0.39 is 21.7 Å². The van der Waals surface area contributed by atoms with Crippen molar-refractivity contribution in [2.45, 2.75) is 19.4 Å². The fourth-order valence-electron chi connectivity index (χ4n) is 3.27. The van der Waals surface area contributed by atoms with Gasteiger partial charge in [-0.25, -0.2) is 9.97 Å². The quantitative estimate of drug-likeness (QED) is 0.228. The summed E-state index contributed by atoms with van der Waals surface area (Å²) in [7, 11) is -4.35. The van der Waals surface area contributed by atoms with Crippen molar-refractivity contribution < 1.29 is 17.5 Å². The molecule has 2 N–H and O–H groups in total. The molecule has 0 aliphatic rings. The summed E-state index contributed by atoms with van der Waals surface area (Å²) < 4.78 is 47.8. The maximum absolute atomic E-state index is 12.9. The Labute approximate surface area is 207 Å². The van der Waals surface area contributed by atoms with E-state index in [1.807, 2.05) is 39.9 Å². The number of nitrogens with one attached hydrogen (secondary N) is 1. The highest BCUT2D eigenvalue weighted by molar-refractivity contribution is 7.92. The Balaban J connectivity index is 1.69. The third-order valence-electron chi connectivity index (χ3n) is 4.62. The largest absolute Gasteiger partial charge is 0.593 e. The van der Waals surface area contributed by atoms with Gasteiger partial charge in [-0.1, -0.05) is 18.2 Å². The number of nitrogens with zero attached hydrogens (tertiary/aromatic N) is 3. The number of thiophene rings is 1. The van der Waals surface area contributed by atoms with Crippen LogP contribution in [0.3, 0.4) is 0 Å². The van der Waals surface area contributed by atoms with Crippen molar-refractivity contribution in [2.24, 2.45) is 0 Å². The van der Waals surface area contributed by atoms with Gasteiger partial charge >= 0.3 is 10.3 Å². The zero-order valence-electron chi connectivity index (χ0n) is 17.5. The lowest BCUT2D eigenvalue weighted by atomic mass is 10.0. The van der Waals surface area contributed by atoms with Crippen LogP contribution in [-0.2, 0) is 28.1 Å². The zero-order valence-corrected chi connectivity index (χ0v) is 21.6. The molecule has 4 aromatic rings. The standard InChI is InChI=1S/C20H20N4O4S5/c1-13-21-19(12-30-13)24(32(2)25)17(16-11-31-20(22-16)18-4-3-9-29-18)10-14-5-7-15(8-6-14)23-33(26,27)28/h3-9,11-12,17,23H,10H2,1-2H3,(H,26,27,28). The lowest BCUT2D eigenvalue weighted by molar-refractivity contribution is 0.489. The molecule has 174 valence electrons. The number of hydrogen-bond donors (Lipinski definition) is 2. The summed E-state index contributed by atoms with van der Waals surface area (Å²) in [6, 6.07) is 10.3. The van der Waals surface area contributed by atoms with Gasteiger partial charge in [-0.05, 0) is 36.1 Å². The third-order valence-corrected chi connectivity index (χ3v) is 8.77. The third kappa shape index (κ3) is 6.12. The zero-order chi connectivity index (χ0) is 23.6. The Morgan fingerprint density at radius 3 is 2.48 bits per heavy atom. The van der Waals surface area contributed by atoms with E-state index in [0.29, 0.717) is 12.2 Å². The van der Waals surface area contributed by atoms with Gasteiger partial charge in [-0.2, -0.15) is 12.7 Å². The van der Waals surface area contributed by atoms with Crippen molar-refractivity contribution in [3.63, 3.8) is 0 Å². The Hall–Kier alpha value is -2.00. The number of thiazole rings is 2. The Kier molecular flexibility index (Phi) is 7.38. The summed E-state index contributed by atoms with van der Waals surface area (Å²) >= 11 is 3.27. The highest BCUT2D eigenvalue weighted by atomic mass is 32.2. The van der Waals surface area contributed by atoms with E-state index in [1.165, 1.54) is 22.7 Å². The van der Waals surface area contributed by atoms with Gasteiger partial charge in [-0.3, -0.25) is 9.27 Å². The van der Waals surface area contributed by atoms with Crippen LogP contribution in [0.15, 0.2) is 52.5 Å². The topological polar surface area (TPSA) is 118 Å². The van der Waals surface area contributed by atoms with E-state index in [-0.39, 0.29) is 11.7 Å². The summed E-state index contributed by atoms with van der Waals surface area (Å²) in [4.78, 5) is 10.5. The fraction of sp³-hybridized carbons (Fsp3) is 0.200. The fourth-order valence-corrected chi connectivity index (χ4v) is 6.93. The van der Waals surface area contributed by atoms with Crippen LogP contribution in [0.25, 0.3) is 9.88 Å². The van der Waals surface area contributed by atoms with Crippen LogP contribution < -0.4 is 9.03 Å². The lowest BCUT2D eigenvalue weighted by Gasteiger charge is -2.29. The van der Waals surface area contributed by atoms with Crippen molar-refractivity contribution in [3.05, 3.63) is 68.8 Å². The average molecular weight is 541 g/mol. The molecule has 0 bridgehead atoms. The summed E-state index contributed by atoms with van der Waals surface area (Å²) in [6.07, 6.45) is 2.09. The van der Waals surface area contributed by atoms with Crippen LogP contribution in [0.5, 0.6) is 0 Å². The minimum absolute atomic E-state index is 0.248. The molecule has 0 fully saturated rings.